The highest BCUT2D eigenvalue weighted by atomic mass is 79.9. The highest BCUT2D eigenvalue weighted by molar-refractivity contribution is 9.13. The second-order valence-electron chi connectivity index (χ2n) is 2.01. The molecule has 0 spiro atoms. The summed E-state index contributed by atoms with van der Waals surface area (Å²) in [4.78, 5) is 0. The van der Waals surface area contributed by atoms with Gasteiger partial charge in [-0.1, -0.05) is 0 Å². The van der Waals surface area contributed by atoms with Gasteiger partial charge in [-0.05, 0) is 50.9 Å². The van der Waals surface area contributed by atoms with Crippen molar-refractivity contribution in [1.82, 2.24) is 0 Å². The van der Waals surface area contributed by atoms with Crippen LogP contribution in [0.25, 0.3) is 0 Å². The van der Waals surface area contributed by atoms with E-state index in [0.717, 1.165) is 14.5 Å². The van der Waals surface area contributed by atoms with Crippen molar-refractivity contribution in [3.05, 3.63) is 26.6 Å². The fourth-order valence-corrected chi connectivity index (χ4v) is 1.41. The van der Waals surface area contributed by atoms with E-state index in [4.69, 9.17) is 0 Å². The molecule has 1 aromatic rings. The SMILES string of the molecule is Cc1c(O)ccc(Br)c1Br. The van der Waals surface area contributed by atoms with Crippen molar-refractivity contribution >= 4 is 31.9 Å². The van der Waals surface area contributed by atoms with Gasteiger partial charge in [-0.25, -0.2) is 0 Å². The van der Waals surface area contributed by atoms with Crippen LogP contribution in [0.2, 0.25) is 0 Å². The summed E-state index contributed by atoms with van der Waals surface area (Å²) in [7, 11) is 0. The molecule has 0 aliphatic heterocycles. The number of benzene rings is 1. The Kier molecular flexibility index (Phi) is 2.36. The van der Waals surface area contributed by atoms with Crippen LogP contribution in [0.3, 0.4) is 0 Å². The van der Waals surface area contributed by atoms with Crippen LogP contribution in [-0.4, -0.2) is 5.11 Å². The summed E-state index contributed by atoms with van der Waals surface area (Å²) in [5.74, 6) is 0.315. The molecule has 0 aromatic heterocycles. The number of phenols is 1. The van der Waals surface area contributed by atoms with Gasteiger partial charge in [0.2, 0.25) is 0 Å². The van der Waals surface area contributed by atoms with Gasteiger partial charge in [-0.2, -0.15) is 0 Å². The summed E-state index contributed by atoms with van der Waals surface area (Å²) in [5, 5.41) is 9.17. The molecule has 54 valence electrons. The average molecular weight is 266 g/mol. The van der Waals surface area contributed by atoms with Crippen LogP contribution in [0.4, 0.5) is 0 Å². The second kappa shape index (κ2) is 2.93. The van der Waals surface area contributed by atoms with Gasteiger partial charge in [0.15, 0.2) is 0 Å². The fourth-order valence-electron chi connectivity index (χ4n) is 0.642. The number of hydrogen-bond acceptors (Lipinski definition) is 1. The number of halogens is 2. The minimum absolute atomic E-state index is 0.315. The molecular formula is C7H6Br2O. The third-order valence-electron chi connectivity index (χ3n) is 1.31. The van der Waals surface area contributed by atoms with Crippen LogP contribution >= 0.6 is 31.9 Å². The maximum atomic E-state index is 9.17. The Morgan fingerprint density at radius 3 is 2.40 bits per heavy atom. The zero-order valence-corrected chi connectivity index (χ0v) is 8.53. The van der Waals surface area contributed by atoms with Gasteiger partial charge in [-0.15, -0.1) is 0 Å². The van der Waals surface area contributed by atoms with E-state index in [9.17, 15) is 5.11 Å². The number of phenolic OH excluding ortho intramolecular Hbond substituents is 1. The second-order valence-corrected chi connectivity index (χ2v) is 3.65. The van der Waals surface area contributed by atoms with Gasteiger partial charge in [0.05, 0.1) is 0 Å². The first kappa shape index (κ1) is 8.08. The van der Waals surface area contributed by atoms with Crippen LogP contribution in [0.15, 0.2) is 21.1 Å². The molecule has 10 heavy (non-hydrogen) atoms. The summed E-state index contributed by atoms with van der Waals surface area (Å²) in [5.41, 5.74) is 0.856. The lowest BCUT2D eigenvalue weighted by atomic mass is 10.2. The molecule has 0 aliphatic rings. The van der Waals surface area contributed by atoms with Crippen molar-refractivity contribution in [2.45, 2.75) is 6.92 Å². The van der Waals surface area contributed by atoms with E-state index in [-0.39, 0.29) is 0 Å². The highest BCUT2D eigenvalue weighted by Gasteiger charge is 2.02. The monoisotopic (exact) mass is 264 g/mol. The van der Waals surface area contributed by atoms with Crippen molar-refractivity contribution in [2.75, 3.05) is 0 Å². The van der Waals surface area contributed by atoms with Gasteiger partial charge >= 0.3 is 0 Å². The fraction of sp³-hybridized carbons (Fsp3) is 0.143. The van der Waals surface area contributed by atoms with Crippen molar-refractivity contribution in [3.8, 4) is 5.75 Å². The molecule has 0 bridgehead atoms. The summed E-state index contributed by atoms with van der Waals surface area (Å²) < 4.78 is 1.87. The average Bonchev–Trinajstić information content (AvgIpc) is 1.93. The Labute approximate surface area is 76.3 Å². The summed E-state index contributed by atoms with van der Waals surface area (Å²) in [6.07, 6.45) is 0. The normalized spacial score (nSPS) is 9.90. The van der Waals surface area contributed by atoms with Crippen LogP contribution in [-0.2, 0) is 0 Å². The minimum Gasteiger partial charge on any atom is -0.508 e. The van der Waals surface area contributed by atoms with Gasteiger partial charge < -0.3 is 5.11 Å². The predicted molar refractivity (Wildman–Crippen MR) is 48.2 cm³/mol. The summed E-state index contributed by atoms with van der Waals surface area (Å²) >= 11 is 6.65. The molecule has 0 radical (unpaired) electrons. The molecule has 1 aromatic carbocycles. The Balaban J connectivity index is 3.34. The minimum atomic E-state index is 0.315. The van der Waals surface area contributed by atoms with E-state index >= 15 is 0 Å². The summed E-state index contributed by atoms with van der Waals surface area (Å²) in [6, 6.07) is 3.45. The first-order chi connectivity index (χ1) is 4.63. The molecule has 0 atom stereocenters. The van der Waals surface area contributed by atoms with Gasteiger partial charge in [-0.3, -0.25) is 0 Å². The van der Waals surface area contributed by atoms with Gasteiger partial charge in [0.1, 0.15) is 5.75 Å². The molecule has 0 heterocycles. The third kappa shape index (κ3) is 1.35. The smallest absolute Gasteiger partial charge is 0.119 e. The predicted octanol–water partition coefficient (Wildman–Crippen LogP) is 3.23. The third-order valence-corrected chi connectivity index (χ3v) is 3.53. The zero-order valence-electron chi connectivity index (χ0n) is 5.36. The maximum absolute atomic E-state index is 9.17. The van der Waals surface area contributed by atoms with E-state index in [0.29, 0.717) is 5.75 Å². The van der Waals surface area contributed by atoms with Crippen molar-refractivity contribution in [1.29, 1.82) is 0 Å². The largest absolute Gasteiger partial charge is 0.508 e. The maximum Gasteiger partial charge on any atom is 0.119 e. The molecule has 0 amide bonds. The lowest BCUT2D eigenvalue weighted by Crippen LogP contribution is -1.77. The molecule has 1 nitrogen and oxygen atoms in total. The van der Waals surface area contributed by atoms with E-state index in [1.807, 2.05) is 6.92 Å². The number of rotatable bonds is 0. The van der Waals surface area contributed by atoms with E-state index in [1.54, 1.807) is 12.1 Å². The molecule has 0 unspecified atom stereocenters. The van der Waals surface area contributed by atoms with E-state index in [1.165, 1.54) is 0 Å². The topological polar surface area (TPSA) is 20.2 Å². The number of hydrogen-bond donors (Lipinski definition) is 1. The van der Waals surface area contributed by atoms with Crippen LogP contribution < -0.4 is 0 Å². The Morgan fingerprint density at radius 2 is 1.90 bits per heavy atom. The molecule has 1 N–H and O–H groups in total. The van der Waals surface area contributed by atoms with Crippen LogP contribution in [0, 0.1) is 6.92 Å². The van der Waals surface area contributed by atoms with Gasteiger partial charge in [0.25, 0.3) is 0 Å². The molecule has 1 rings (SSSR count). The van der Waals surface area contributed by atoms with Crippen LogP contribution in [0.1, 0.15) is 5.56 Å². The van der Waals surface area contributed by atoms with E-state index < -0.39 is 0 Å². The zero-order chi connectivity index (χ0) is 7.72. The van der Waals surface area contributed by atoms with Crippen molar-refractivity contribution < 1.29 is 5.11 Å². The Hall–Kier alpha value is -0.0200. The van der Waals surface area contributed by atoms with Crippen molar-refractivity contribution in [2.24, 2.45) is 0 Å². The molecule has 0 aliphatic carbocycles. The summed E-state index contributed by atoms with van der Waals surface area (Å²) in [6.45, 7) is 1.85. The number of aromatic hydroxyl groups is 1. The molecular weight excluding hydrogens is 260 g/mol. The molecule has 0 saturated heterocycles. The molecule has 0 saturated carbocycles. The van der Waals surface area contributed by atoms with Crippen LogP contribution in [0.5, 0.6) is 5.75 Å². The lowest BCUT2D eigenvalue weighted by Gasteiger charge is -2.01. The quantitative estimate of drug-likeness (QED) is 0.764. The standard InChI is InChI=1S/C7H6Br2O/c1-4-6(10)3-2-5(8)7(4)9/h2-3,10H,1H3. The van der Waals surface area contributed by atoms with Crippen molar-refractivity contribution in [3.63, 3.8) is 0 Å². The van der Waals surface area contributed by atoms with E-state index in [2.05, 4.69) is 31.9 Å². The first-order valence-corrected chi connectivity index (χ1v) is 4.35. The lowest BCUT2D eigenvalue weighted by molar-refractivity contribution is 0.470. The van der Waals surface area contributed by atoms with Gasteiger partial charge in [0, 0.05) is 14.5 Å². The Bertz CT molecular complexity index is 231. The molecule has 0 fully saturated rings. The first-order valence-electron chi connectivity index (χ1n) is 2.76. The molecule has 3 heteroatoms. The highest BCUT2D eigenvalue weighted by Crippen LogP contribution is 2.31. The Morgan fingerprint density at radius 1 is 1.30 bits per heavy atom.